The number of carbonyl (C=O) groups is 1. The Morgan fingerprint density at radius 2 is 1.82 bits per heavy atom. The molecule has 0 aliphatic heterocycles. The van der Waals surface area contributed by atoms with Crippen molar-refractivity contribution in [3.05, 3.63) is 58.7 Å². The first kappa shape index (κ1) is 16.3. The Labute approximate surface area is 131 Å². The van der Waals surface area contributed by atoms with Gasteiger partial charge in [0.25, 0.3) is 5.91 Å². The van der Waals surface area contributed by atoms with Crippen LogP contribution in [0.1, 0.15) is 47.2 Å². The summed E-state index contributed by atoms with van der Waals surface area (Å²) in [5.41, 5.74) is 3.72. The van der Waals surface area contributed by atoms with Gasteiger partial charge in [0.05, 0.1) is 5.56 Å². The number of rotatable bonds is 4. The number of benzene rings is 1. The van der Waals surface area contributed by atoms with E-state index < -0.39 is 0 Å². The molecule has 1 heterocycles. The van der Waals surface area contributed by atoms with Gasteiger partial charge in [-0.2, -0.15) is 0 Å². The Balaban J connectivity index is 2.20. The van der Waals surface area contributed by atoms with Gasteiger partial charge >= 0.3 is 0 Å². The minimum atomic E-state index is -0.266. The van der Waals surface area contributed by atoms with Crippen LogP contribution in [0.3, 0.4) is 0 Å². The van der Waals surface area contributed by atoms with E-state index in [2.05, 4.69) is 18.4 Å². The van der Waals surface area contributed by atoms with Gasteiger partial charge in [-0.3, -0.25) is 4.79 Å². The van der Waals surface area contributed by atoms with Gasteiger partial charge in [0.2, 0.25) is 0 Å². The van der Waals surface area contributed by atoms with Gasteiger partial charge in [-0.1, -0.05) is 12.1 Å². The van der Waals surface area contributed by atoms with Crippen molar-refractivity contribution in [2.45, 2.75) is 40.3 Å². The Morgan fingerprint density at radius 1 is 1.23 bits per heavy atom. The quantitative estimate of drug-likeness (QED) is 0.835. The molecular weight excluding hydrogens is 279 g/mol. The normalized spacial score (nSPS) is 11.0. The lowest BCUT2D eigenvalue weighted by molar-refractivity contribution is 0.0784. The SMILES string of the molecule is Cc1cc(C(=O)N(C)Cc2ccc(F)cc2)c(C)n1C(C)C. The molecule has 0 fully saturated rings. The van der Waals surface area contributed by atoms with E-state index in [1.165, 1.54) is 12.1 Å². The molecule has 1 amide bonds. The van der Waals surface area contributed by atoms with Crippen LogP contribution < -0.4 is 0 Å². The Morgan fingerprint density at radius 3 is 2.32 bits per heavy atom. The molecule has 0 unspecified atom stereocenters. The lowest BCUT2D eigenvalue weighted by atomic mass is 10.1. The van der Waals surface area contributed by atoms with Crippen molar-refractivity contribution in [1.29, 1.82) is 0 Å². The van der Waals surface area contributed by atoms with Crippen molar-refractivity contribution in [3.8, 4) is 0 Å². The van der Waals surface area contributed by atoms with E-state index in [0.717, 1.165) is 22.5 Å². The van der Waals surface area contributed by atoms with E-state index in [9.17, 15) is 9.18 Å². The van der Waals surface area contributed by atoms with Gasteiger partial charge in [-0.05, 0) is 51.5 Å². The average molecular weight is 302 g/mol. The second kappa shape index (κ2) is 6.34. The van der Waals surface area contributed by atoms with Crippen LogP contribution in [-0.4, -0.2) is 22.4 Å². The molecule has 0 aliphatic carbocycles. The molecule has 1 aromatic carbocycles. The highest BCUT2D eigenvalue weighted by Crippen LogP contribution is 2.21. The molecule has 0 saturated carbocycles. The summed E-state index contributed by atoms with van der Waals surface area (Å²) < 4.78 is 15.1. The topological polar surface area (TPSA) is 25.2 Å². The van der Waals surface area contributed by atoms with Crippen LogP contribution in [0.15, 0.2) is 30.3 Å². The van der Waals surface area contributed by atoms with E-state index in [-0.39, 0.29) is 11.7 Å². The van der Waals surface area contributed by atoms with Gasteiger partial charge < -0.3 is 9.47 Å². The smallest absolute Gasteiger partial charge is 0.255 e. The van der Waals surface area contributed by atoms with E-state index in [1.807, 2.05) is 19.9 Å². The van der Waals surface area contributed by atoms with Gasteiger partial charge in [-0.15, -0.1) is 0 Å². The number of hydrogen-bond donors (Lipinski definition) is 0. The predicted molar refractivity (Wildman–Crippen MR) is 86.5 cm³/mol. The third-order valence-electron chi connectivity index (χ3n) is 3.91. The summed E-state index contributed by atoms with van der Waals surface area (Å²) in [5.74, 6) is -0.275. The summed E-state index contributed by atoms with van der Waals surface area (Å²) in [5, 5.41) is 0. The highest BCUT2D eigenvalue weighted by molar-refractivity contribution is 5.95. The number of amides is 1. The molecule has 0 radical (unpaired) electrons. The van der Waals surface area contributed by atoms with Crippen LogP contribution in [0, 0.1) is 19.7 Å². The fraction of sp³-hybridized carbons (Fsp3) is 0.389. The molecule has 0 aliphatic rings. The molecule has 0 spiro atoms. The summed E-state index contributed by atoms with van der Waals surface area (Å²) in [6, 6.07) is 8.51. The first-order valence-electron chi connectivity index (χ1n) is 7.49. The first-order chi connectivity index (χ1) is 10.3. The molecule has 1 aromatic heterocycles. The molecular formula is C18H23FN2O. The Hall–Kier alpha value is -2.10. The second-order valence-corrected chi connectivity index (χ2v) is 6.04. The summed E-state index contributed by atoms with van der Waals surface area (Å²) >= 11 is 0. The van der Waals surface area contributed by atoms with Crippen molar-refractivity contribution in [2.75, 3.05) is 7.05 Å². The number of aryl methyl sites for hydroxylation is 1. The largest absolute Gasteiger partial charge is 0.346 e. The molecule has 4 heteroatoms. The maximum atomic E-state index is 12.9. The summed E-state index contributed by atoms with van der Waals surface area (Å²) in [6.07, 6.45) is 0. The third-order valence-corrected chi connectivity index (χ3v) is 3.91. The number of carbonyl (C=O) groups excluding carboxylic acids is 1. The van der Waals surface area contributed by atoms with Crippen LogP contribution in [0.25, 0.3) is 0 Å². The van der Waals surface area contributed by atoms with Gasteiger partial charge in [0, 0.05) is 31.0 Å². The van der Waals surface area contributed by atoms with E-state index in [4.69, 9.17) is 0 Å². The number of aromatic nitrogens is 1. The molecule has 3 nitrogen and oxygen atoms in total. The molecule has 0 N–H and O–H groups in total. The predicted octanol–water partition coefficient (Wildman–Crippen LogP) is 4.10. The third kappa shape index (κ3) is 3.21. The Bertz CT molecular complexity index is 671. The number of hydrogen-bond acceptors (Lipinski definition) is 1. The maximum Gasteiger partial charge on any atom is 0.255 e. The van der Waals surface area contributed by atoms with Crippen molar-refractivity contribution in [3.63, 3.8) is 0 Å². The molecule has 2 aromatic rings. The zero-order chi connectivity index (χ0) is 16.4. The minimum absolute atomic E-state index is 0.00988. The molecule has 118 valence electrons. The zero-order valence-corrected chi connectivity index (χ0v) is 13.9. The first-order valence-corrected chi connectivity index (χ1v) is 7.49. The highest BCUT2D eigenvalue weighted by atomic mass is 19.1. The van der Waals surface area contributed by atoms with Crippen molar-refractivity contribution in [1.82, 2.24) is 9.47 Å². The van der Waals surface area contributed by atoms with Crippen LogP contribution in [0.4, 0.5) is 4.39 Å². The fourth-order valence-electron chi connectivity index (χ4n) is 2.93. The van der Waals surface area contributed by atoms with Gasteiger partial charge in [0.1, 0.15) is 5.82 Å². The molecule has 0 saturated heterocycles. The monoisotopic (exact) mass is 302 g/mol. The molecule has 0 atom stereocenters. The number of nitrogens with zero attached hydrogens (tertiary/aromatic N) is 2. The second-order valence-electron chi connectivity index (χ2n) is 6.04. The average Bonchev–Trinajstić information content (AvgIpc) is 2.75. The van der Waals surface area contributed by atoms with Crippen molar-refractivity contribution >= 4 is 5.91 Å². The van der Waals surface area contributed by atoms with Crippen molar-refractivity contribution in [2.24, 2.45) is 0 Å². The van der Waals surface area contributed by atoms with Crippen LogP contribution >= 0.6 is 0 Å². The van der Waals surface area contributed by atoms with Crippen LogP contribution in [-0.2, 0) is 6.54 Å². The Kier molecular flexibility index (Phi) is 4.69. The highest BCUT2D eigenvalue weighted by Gasteiger charge is 2.20. The van der Waals surface area contributed by atoms with Crippen molar-refractivity contribution < 1.29 is 9.18 Å². The van der Waals surface area contributed by atoms with Gasteiger partial charge in [0.15, 0.2) is 0 Å². The molecule has 2 rings (SSSR count). The lowest BCUT2D eigenvalue weighted by Crippen LogP contribution is -2.26. The van der Waals surface area contributed by atoms with Gasteiger partial charge in [-0.25, -0.2) is 4.39 Å². The van der Waals surface area contributed by atoms with Crippen LogP contribution in [0.2, 0.25) is 0 Å². The maximum absolute atomic E-state index is 12.9. The standard InChI is InChI=1S/C18H23FN2O/c1-12(2)21-13(3)10-17(14(21)4)18(22)20(5)11-15-6-8-16(19)9-7-15/h6-10,12H,11H2,1-5H3. The van der Waals surface area contributed by atoms with E-state index in [0.29, 0.717) is 12.6 Å². The fourth-order valence-corrected chi connectivity index (χ4v) is 2.93. The lowest BCUT2D eigenvalue weighted by Gasteiger charge is -2.18. The zero-order valence-electron chi connectivity index (χ0n) is 13.9. The summed E-state index contributed by atoms with van der Waals surface area (Å²) in [4.78, 5) is 14.3. The van der Waals surface area contributed by atoms with E-state index in [1.54, 1.807) is 24.1 Å². The minimum Gasteiger partial charge on any atom is -0.346 e. The van der Waals surface area contributed by atoms with Crippen LogP contribution in [0.5, 0.6) is 0 Å². The molecule has 0 bridgehead atoms. The number of halogens is 1. The summed E-state index contributed by atoms with van der Waals surface area (Å²) in [6.45, 7) is 8.67. The summed E-state index contributed by atoms with van der Waals surface area (Å²) in [7, 11) is 1.77. The molecule has 22 heavy (non-hydrogen) atoms. The van der Waals surface area contributed by atoms with E-state index >= 15 is 0 Å².